The van der Waals surface area contributed by atoms with E-state index < -0.39 is 15.7 Å². The van der Waals surface area contributed by atoms with Crippen molar-refractivity contribution in [2.45, 2.75) is 23.4 Å². The van der Waals surface area contributed by atoms with Gasteiger partial charge >= 0.3 is 0 Å². The molecule has 2 aliphatic heterocycles. The van der Waals surface area contributed by atoms with Crippen LogP contribution in [0, 0.1) is 0 Å². The maximum Gasteiger partial charge on any atom is 0.272 e. The standard InChI is InChI=1S/C20H21N3O4S/c1-27-16-9-7-15(8-10-16)18-19(24)22-20(21-18)11-13-23(14-12-20)28(25,26)17-5-3-2-4-6-17/h2-10H,11-14H2,1H3,(H,22,24). The monoisotopic (exact) mass is 399 g/mol. The van der Waals surface area contributed by atoms with E-state index in [9.17, 15) is 13.2 Å². The topological polar surface area (TPSA) is 88.1 Å². The average Bonchev–Trinajstić information content (AvgIpc) is 3.04. The van der Waals surface area contributed by atoms with Gasteiger partial charge in [-0.25, -0.2) is 8.42 Å². The van der Waals surface area contributed by atoms with E-state index in [1.54, 1.807) is 61.7 Å². The number of aliphatic imine (C=N–C) groups is 1. The van der Waals surface area contributed by atoms with Gasteiger partial charge in [0.15, 0.2) is 0 Å². The lowest BCUT2D eigenvalue weighted by molar-refractivity contribution is -0.115. The molecule has 4 rings (SSSR count). The van der Waals surface area contributed by atoms with Gasteiger partial charge in [0.05, 0.1) is 12.0 Å². The first-order valence-corrected chi connectivity index (χ1v) is 10.5. The zero-order valence-corrected chi connectivity index (χ0v) is 16.3. The molecule has 1 saturated heterocycles. The van der Waals surface area contributed by atoms with E-state index >= 15 is 0 Å². The van der Waals surface area contributed by atoms with Crippen LogP contribution in [-0.4, -0.2) is 50.2 Å². The van der Waals surface area contributed by atoms with Crippen LogP contribution in [0.5, 0.6) is 5.75 Å². The molecule has 1 N–H and O–H groups in total. The van der Waals surface area contributed by atoms with E-state index in [-0.39, 0.29) is 10.8 Å². The van der Waals surface area contributed by atoms with Crippen LogP contribution in [0.4, 0.5) is 0 Å². The molecule has 146 valence electrons. The van der Waals surface area contributed by atoms with Gasteiger partial charge in [0.25, 0.3) is 5.91 Å². The first-order valence-electron chi connectivity index (χ1n) is 9.06. The third kappa shape index (κ3) is 3.29. The summed E-state index contributed by atoms with van der Waals surface area (Å²) in [4.78, 5) is 17.4. The second-order valence-corrected chi connectivity index (χ2v) is 8.83. The Morgan fingerprint density at radius 1 is 1.04 bits per heavy atom. The molecule has 8 heteroatoms. The highest BCUT2D eigenvalue weighted by Crippen LogP contribution is 2.31. The molecule has 2 aliphatic rings. The highest BCUT2D eigenvalue weighted by atomic mass is 32.2. The van der Waals surface area contributed by atoms with Crippen LogP contribution in [0.15, 0.2) is 64.5 Å². The number of ether oxygens (including phenoxy) is 1. The maximum absolute atomic E-state index is 12.8. The van der Waals surface area contributed by atoms with Crippen molar-refractivity contribution in [3.63, 3.8) is 0 Å². The molecule has 0 bridgehead atoms. The molecule has 7 nitrogen and oxygen atoms in total. The fourth-order valence-corrected chi connectivity index (χ4v) is 5.05. The van der Waals surface area contributed by atoms with Gasteiger partial charge in [-0.2, -0.15) is 4.31 Å². The van der Waals surface area contributed by atoms with Gasteiger partial charge in [0.2, 0.25) is 10.0 Å². The van der Waals surface area contributed by atoms with Crippen molar-refractivity contribution < 1.29 is 17.9 Å². The van der Waals surface area contributed by atoms with Crippen LogP contribution >= 0.6 is 0 Å². The Morgan fingerprint density at radius 3 is 2.29 bits per heavy atom. The number of piperidine rings is 1. The van der Waals surface area contributed by atoms with Gasteiger partial charge < -0.3 is 10.1 Å². The third-order valence-electron chi connectivity index (χ3n) is 5.18. The molecule has 1 spiro atoms. The van der Waals surface area contributed by atoms with Crippen molar-refractivity contribution in [2.24, 2.45) is 4.99 Å². The van der Waals surface area contributed by atoms with Crippen LogP contribution in [0.1, 0.15) is 18.4 Å². The summed E-state index contributed by atoms with van der Waals surface area (Å²) in [6, 6.07) is 15.6. The van der Waals surface area contributed by atoms with Crippen LogP contribution in [-0.2, 0) is 14.8 Å². The quantitative estimate of drug-likeness (QED) is 0.849. The number of carbonyl (C=O) groups is 1. The lowest BCUT2D eigenvalue weighted by atomic mass is 10.00. The lowest BCUT2D eigenvalue weighted by Crippen LogP contribution is -2.52. The maximum atomic E-state index is 12.8. The average molecular weight is 399 g/mol. The number of carbonyl (C=O) groups excluding carboxylic acids is 1. The number of nitrogens with one attached hydrogen (secondary N) is 1. The molecule has 0 saturated carbocycles. The Labute approximate surface area is 164 Å². The number of methoxy groups -OCH3 is 1. The minimum Gasteiger partial charge on any atom is -0.497 e. The third-order valence-corrected chi connectivity index (χ3v) is 7.09. The van der Waals surface area contributed by atoms with Gasteiger partial charge in [-0.3, -0.25) is 9.79 Å². The Hall–Kier alpha value is -2.71. The SMILES string of the molecule is COc1ccc(C2=NC3(CCN(S(=O)(=O)c4ccccc4)CC3)NC2=O)cc1. The van der Waals surface area contributed by atoms with Crippen molar-refractivity contribution in [1.29, 1.82) is 0 Å². The van der Waals surface area contributed by atoms with Gasteiger partial charge in [0.1, 0.15) is 17.1 Å². The molecule has 1 fully saturated rings. The zero-order valence-electron chi connectivity index (χ0n) is 15.5. The summed E-state index contributed by atoms with van der Waals surface area (Å²) in [5.74, 6) is 0.474. The molecule has 28 heavy (non-hydrogen) atoms. The van der Waals surface area contributed by atoms with Crippen molar-refractivity contribution >= 4 is 21.6 Å². The summed E-state index contributed by atoms with van der Waals surface area (Å²) in [5, 5.41) is 2.96. The summed E-state index contributed by atoms with van der Waals surface area (Å²) in [6.07, 6.45) is 0.870. The first kappa shape index (κ1) is 18.6. The molecule has 2 aromatic carbocycles. The van der Waals surface area contributed by atoms with Gasteiger partial charge in [-0.1, -0.05) is 18.2 Å². The van der Waals surface area contributed by atoms with Crippen molar-refractivity contribution in [3.05, 3.63) is 60.2 Å². The van der Waals surface area contributed by atoms with E-state index in [1.807, 2.05) is 0 Å². The summed E-state index contributed by atoms with van der Waals surface area (Å²) >= 11 is 0. The molecule has 0 radical (unpaired) electrons. The number of rotatable bonds is 4. The zero-order chi connectivity index (χ0) is 19.8. The molecule has 0 unspecified atom stereocenters. The summed E-state index contributed by atoms with van der Waals surface area (Å²) in [6.45, 7) is 0.605. The first-order chi connectivity index (χ1) is 13.4. The van der Waals surface area contributed by atoms with Crippen molar-refractivity contribution in [1.82, 2.24) is 9.62 Å². The number of hydrogen-bond donors (Lipinski definition) is 1. The predicted octanol–water partition coefficient (Wildman–Crippen LogP) is 1.80. The Morgan fingerprint density at radius 2 is 1.68 bits per heavy atom. The minimum atomic E-state index is -3.54. The Balaban J connectivity index is 1.52. The van der Waals surface area contributed by atoms with Crippen molar-refractivity contribution in [3.8, 4) is 5.75 Å². The summed E-state index contributed by atoms with van der Waals surface area (Å²) < 4.78 is 32.2. The molecule has 0 aliphatic carbocycles. The minimum absolute atomic E-state index is 0.232. The van der Waals surface area contributed by atoms with E-state index in [0.717, 1.165) is 5.56 Å². The molecule has 2 heterocycles. The largest absolute Gasteiger partial charge is 0.497 e. The smallest absolute Gasteiger partial charge is 0.272 e. The number of sulfonamides is 1. The fraction of sp³-hybridized carbons (Fsp3) is 0.300. The van der Waals surface area contributed by atoms with Crippen LogP contribution in [0.3, 0.4) is 0 Å². The number of nitrogens with zero attached hydrogens (tertiary/aromatic N) is 2. The molecule has 1 amide bonds. The second kappa shape index (κ2) is 7.03. The highest BCUT2D eigenvalue weighted by Gasteiger charge is 2.44. The van der Waals surface area contributed by atoms with Gasteiger partial charge in [0, 0.05) is 31.5 Å². The number of benzene rings is 2. The lowest BCUT2D eigenvalue weighted by Gasteiger charge is -2.36. The van der Waals surface area contributed by atoms with Crippen LogP contribution in [0.25, 0.3) is 0 Å². The van der Waals surface area contributed by atoms with E-state index in [2.05, 4.69) is 10.3 Å². The van der Waals surface area contributed by atoms with Gasteiger partial charge in [-0.05, 0) is 36.4 Å². The van der Waals surface area contributed by atoms with Crippen LogP contribution < -0.4 is 10.1 Å². The molecular formula is C20H21N3O4S. The fourth-order valence-electron chi connectivity index (χ4n) is 3.58. The molecular weight excluding hydrogens is 378 g/mol. The summed E-state index contributed by atoms with van der Waals surface area (Å²) in [7, 11) is -1.95. The van der Waals surface area contributed by atoms with E-state index in [1.165, 1.54) is 4.31 Å². The Kier molecular flexibility index (Phi) is 4.68. The normalized spacial score (nSPS) is 19.3. The molecule has 0 atom stereocenters. The predicted molar refractivity (Wildman–Crippen MR) is 105 cm³/mol. The van der Waals surface area contributed by atoms with E-state index in [4.69, 9.17) is 4.74 Å². The van der Waals surface area contributed by atoms with E-state index in [0.29, 0.717) is 37.4 Å². The number of amides is 1. The molecule has 0 aromatic heterocycles. The highest BCUT2D eigenvalue weighted by molar-refractivity contribution is 7.89. The van der Waals surface area contributed by atoms with Crippen molar-refractivity contribution in [2.75, 3.05) is 20.2 Å². The second-order valence-electron chi connectivity index (χ2n) is 6.89. The number of hydrogen-bond acceptors (Lipinski definition) is 5. The van der Waals surface area contributed by atoms with Crippen LogP contribution in [0.2, 0.25) is 0 Å². The van der Waals surface area contributed by atoms with Gasteiger partial charge in [-0.15, -0.1) is 0 Å². The molecule has 2 aromatic rings. The summed E-state index contributed by atoms with van der Waals surface area (Å²) in [5.41, 5.74) is 0.353. The Bertz CT molecular complexity index is 1010.